The van der Waals surface area contributed by atoms with Crippen molar-refractivity contribution in [2.24, 2.45) is 5.41 Å². The van der Waals surface area contributed by atoms with Crippen molar-refractivity contribution in [2.75, 3.05) is 33.4 Å². The van der Waals surface area contributed by atoms with Gasteiger partial charge < -0.3 is 10.1 Å². The number of rotatable bonds is 8. The minimum Gasteiger partial charge on any atom is -0.384 e. The molecule has 0 radical (unpaired) electrons. The molecule has 1 aromatic rings. The summed E-state index contributed by atoms with van der Waals surface area (Å²) in [6.45, 7) is 2.52. The van der Waals surface area contributed by atoms with Crippen LogP contribution >= 0.6 is 12.4 Å². The Balaban J connectivity index is 0.00000312. The number of nitrogens with zero attached hydrogens (tertiary/aromatic N) is 1. The van der Waals surface area contributed by atoms with Gasteiger partial charge in [0.05, 0.1) is 17.3 Å². The molecule has 1 fully saturated rings. The fourth-order valence-electron chi connectivity index (χ4n) is 2.88. The van der Waals surface area contributed by atoms with E-state index in [1.165, 1.54) is 24.3 Å². The fraction of sp³-hybridized carbons (Fsp3) is 0.600. The van der Waals surface area contributed by atoms with Gasteiger partial charge in [-0.2, -0.15) is 0 Å². The molecule has 0 unspecified atom stereocenters. The number of halogens is 1. The predicted molar refractivity (Wildman–Crippen MR) is 97.4 cm³/mol. The highest BCUT2D eigenvalue weighted by atomic mass is 35.5. The highest BCUT2D eigenvalue weighted by molar-refractivity contribution is 7.88. The molecule has 2 rings (SSSR count). The van der Waals surface area contributed by atoms with Gasteiger partial charge in [0.15, 0.2) is 0 Å². The maximum absolute atomic E-state index is 12.3. The molecule has 0 aliphatic carbocycles. The van der Waals surface area contributed by atoms with Crippen molar-refractivity contribution in [3.63, 3.8) is 0 Å². The molecule has 0 saturated carbocycles. The second-order valence-electron chi connectivity index (χ2n) is 6.19. The first-order valence-electron chi connectivity index (χ1n) is 7.76. The van der Waals surface area contributed by atoms with Crippen LogP contribution in [0.1, 0.15) is 18.4 Å². The summed E-state index contributed by atoms with van der Waals surface area (Å²) in [7, 11) is -1.90. The Morgan fingerprint density at radius 3 is 2.40 bits per heavy atom. The van der Waals surface area contributed by atoms with Crippen molar-refractivity contribution in [1.82, 2.24) is 10.0 Å². The quantitative estimate of drug-likeness (QED) is 0.511. The Labute approximate surface area is 153 Å². The number of non-ortho nitro benzene ring substituents is 1. The molecule has 0 amide bonds. The monoisotopic (exact) mass is 393 g/mol. The number of nitro groups is 1. The first kappa shape index (κ1) is 21.8. The van der Waals surface area contributed by atoms with E-state index in [9.17, 15) is 18.5 Å². The molecular weight excluding hydrogens is 370 g/mol. The second-order valence-corrected chi connectivity index (χ2v) is 7.99. The summed E-state index contributed by atoms with van der Waals surface area (Å²) >= 11 is 0. The molecule has 2 N–H and O–H groups in total. The number of piperidine rings is 1. The molecule has 1 aromatic carbocycles. The van der Waals surface area contributed by atoms with Gasteiger partial charge in [-0.3, -0.25) is 10.1 Å². The molecule has 1 saturated heterocycles. The molecule has 1 aliphatic heterocycles. The van der Waals surface area contributed by atoms with Crippen molar-refractivity contribution < 1.29 is 18.1 Å². The average Bonchev–Trinajstić information content (AvgIpc) is 2.55. The molecule has 0 atom stereocenters. The predicted octanol–water partition coefficient (Wildman–Crippen LogP) is 1.45. The lowest BCUT2D eigenvalue weighted by Crippen LogP contribution is -2.47. The van der Waals surface area contributed by atoms with Crippen LogP contribution in [0, 0.1) is 15.5 Å². The van der Waals surface area contributed by atoms with E-state index in [1.807, 2.05) is 0 Å². The first-order chi connectivity index (χ1) is 11.4. The van der Waals surface area contributed by atoms with E-state index in [4.69, 9.17) is 4.74 Å². The third-order valence-electron chi connectivity index (χ3n) is 4.29. The van der Waals surface area contributed by atoms with Crippen LogP contribution in [0.15, 0.2) is 24.3 Å². The topological polar surface area (TPSA) is 111 Å². The van der Waals surface area contributed by atoms with E-state index in [2.05, 4.69) is 10.0 Å². The molecule has 142 valence electrons. The number of hydrogen-bond donors (Lipinski definition) is 2. The molecule has 1 aliphatic rings. The maximum atomic E-state index is 12.3. The van der Waals surface area contributed by atoms with Gasteiger partial charge in [0, 0.05) is 31.2 Å². The Kier molecular flexibility index (Phi) is 8.23. The largest absolute Gasteiger partial charge is 0.384 e. The van der Waals surface area contributed by atoms with Crippen molar-refractivity contribution in [2.45, 2.75) is 18.6 Å². The molecule has 0 bridgehead atoms. The Hall–Kier alpha value is -1.26. The lowest BCUT2D eigenvalue weighted by Gasteiger charge is -2.37. The van der Waals surface area contributed by atoms with E-state index in [0.29, 0.717) is 18.7 Å². The number of nitro benzene ring substituents is 1. The zero-order chi connectivity index (χ0) is 17.6. The van der Waals surface area contributed by atoms with Crippen molar-refractivity contribution in [1.29, 1.82) is 0 Å². The Bertz CT molecular complexity index is 655. The molecule has 8 nitrogen and oxygen atoms in total. The van der Waals surface area contributed by atoms with Crippen LogP contribution in [0.4, 0.5) is 5.69 Å². The van der Waals surface area contributed by atoms with Crippen molar-refractivity contribution in [3.05, 3.63) is 39.9 Å². The maximum Gasteiger partial charge on any atom is 0.269 e. The van der Waals surface area contributed by atoms with Crippen molar-refractivity contribution in [3.8, 4) is 0 Å². The van der Waals surface area contributed by atoms with Gasteiger partial charge >= 0.3 is 0 Å². The van der Waals surface area contributed by atoms with Gasteiger partial charge in [0.2, 0.25) is 10.0 Å². The smallest absolute Gasteiger partial charge is 0.269 e. The zero-order valence-electron chi connectivity index (χ0n) is 14.1. The van der Waals surface area contributed by atoms with Crippen LogP contribution in [0.3, 0.4) is 0 Å². The van der Waals surface area contributed by atoms with Crippen LogP contribution in [0.2, 0.25) is 0 Å². The van der Waals surface area contributed by atoms with Gasteiger partial charge in [-0.25, -0.2) is 13.1 Å². The highest BCUT2D eigenvalue weighted by Gasteiger charge is 2.33. The van der Waals surface area contributed by atoms with Crippen molar-refractivity contribution >= 4 is 28.1 Å². The third-order valence-corrected chi connectivity index (χ3v) is 5.58. The average molecular weight is 394 g/mol. The SMILES string of the molecule is COCC1(CNS(=O)(=O)Cc2ccc([N+](=O)[O-])cc2)CCNCC1.Cl. The number of benzene rings is 1. The molecule has 0 aromatic heterocycles. The van der Waals surface area contributed by atoms with Crippen LogP contribution in [0.5, 0.6) is 0 Å². The zero-order valence-corrected chi connectivity index (χ0v) is 15.7. The van der Waals surface area contributed by atoms with E-state index in [0.717, 1.165) is 25.9 Å². The number of hydrogen-bond acceptors (Lipinski definition) is 6. The molecule has 1 heterocycles. The summed E-state index contributed by atoms with van der Waals surface area (Å²) in [4.78, 5) is 10.1. The lowest BCUT2D eigenvalue weighted by molar-refractivity contribution is -0.384. The molecule has 10 heteroatoms. The Morgan fingerprint density at radius 1 is 1.28 bits per heavy atom. The summed E-state index contributed by atoms with van der Waals surface area (Å²) in [5.74, 6) is -0.202. The van der Waals surface area contributed by atoms with Gasteiger partial charge in [-0.15, -0.1) is 12.4 Å². The molecule has 0 spiro atoms. The van der Waals surface area contributed by atoms with Crippen LogP contribution in [0.25, 0.3) is 0 Å². The van der Waals surface area contributed by atoms with Crippen LogP contribution in [-0.2, 0) is 20.5 Å². The van der Waals surface area contributed by atoms with Gasteiger partial charge in [-0.1, -0.05) is 12.1 Å². The summed E-state index contributed by atoms with van der Waals surface area (Å²) in [5.41, 5.74) is 0.264. The normalized spacial score (nSPS) is 16.8. The summed E-state index contributed by atoms with van der Waals surface area (Å²) in [5, 5.41) is 13.9. The Morgan fingerprint density at radius 2 is 1.88 bits per heavy atom. The number of nitrogens with one attached hydrogen (secondary N) is 2. The van der Waals surface area contributed by atoms with E-state index < -0.39 is 14.9 Å². The second kappa shape index (κ2) is 9.44. The van der Waals surface area contributed by atoms with Gasteiger partial charge in [0.1, 0.15) is 0 Å². The minimum absolute atomic E-state index is 0. The summed E-state index contributed by atoms with van der Waals surface area (Å²) < 4.78 is 32.6. The molecular formula is C15H24ClN3O5S. The first-order valence-corrected chi connectivity index (χ1v) is 9.41. The molecule has 25 heavy (non-hydrogen) atoms. The number of methoxy groups -OCH3 is 1. The van der Waals surface area contributed by atoms with Gasteiger partial charge in [0.25, 0.3) is 5.69 Å². The number of sulfonamides is 1. The summed E-state index contributed by atoms with van der Waals surface area (Å²) in [6.07, 6.45) is 1.70. The van der Waals surface area contributed by atoms with Crippen LogP contribution in [-0.4, -0.2) is 46.7 Å². The van der Waals surface area contributed by atoms with Gasteiger partial charge in [-0.05, 0) is 31.5 Å². The minimum atomic E-state index is -3.52. The van der Waals surface area contributed by atoms with E-state index in [-0.39, 0.29) is 29.3 Å². The summed E-state index contributed by atoms with van der Waals surface area (Å²) in [6, 6.07) is 5.55. The highest BCUT2D eigenvalue weighted by Crippen LogP contribution is 2.28. The van der Waals surface area contributed by atoms with Crippen LogP contribution < -0.4 is 10.0 Å². The lowest BCUT2D eigenvalue weighted by atomic mass is 9.80. The number of ether oxygens (including phenoxy) is 1. The van der Waals surface area contributed by atoms with E-state index >= 15 is 0 Å². The third kappa shape index (κ3) is 6.52. The van der Waals surface area contributed by atoms with E-state index in [1.54, 1.807) is 7.11 Å². The standard InChI is InChI=1S/C15H23N3O5S.ClH/c1-23-12-15(6-8-16-9-7-15)11-17-24(21,22)10-13-2-4-14(5-3-13)18(19)20;/h2-5,16-17H,6-12H2,1H3;1H. The fourth-order valence-corrected chi connectivity index (χ4v) is 4.14.